The Kier molecular flexibility index (Phi) is 3.94. The molecule has 0 saturated carbocycles. The SMILES string of the molecule is OC(CN1C2=NCCN2c2ccccc21)c1ccc2c(c1)OCO2.[Cl-]. The number of guanidine groups is 1. The van der Waals surface area contributed by atoms with Crippen LogP contribution in [0, 0.1) is 0 Å². The van der Waals surface area contributed by atoms with Crippen LogP contribution < -0.4 is 31.7 Å². The lowest BCUT2D eigenvalue weighted by atomic mass is 10.1. The summed E-state index contributed by atoms with van der Waals surface area (Å²) in [5.74, 6) is 2.34. The summed E-state index contributed by atoms with van der Waals surface area (Å²) in [6.07, 6.45) is -0.643. The zero-order chi connectivity index (χ0) is 16.1. The van der Waals surface area contributed by atoms with E-state index in [1.165, 1.54) is 0 Å². The van der Waals surface area contributed by atoms with E-state index in [0.29, 0.717) is 12.3 Å². The molecule has 3 aliphatic rings. The largest absolute Gasteiger partial charge is 1.00 e. The van der Waals surface area contributed by atoms with Gasteiger partial charge in [0.05, 0.1) is 30.6 Å². The van der Waals surface area contributed by atoms with Crippen molar-refractivity contribution in [3.8, 4) is 11.5 Å². The van der Waals surface area contributed by atoms with Gasteiger partial charge in [-0.2, -0.15) is 0 Å². The maximum absolute atomic E-state index is 10.7. The quantitative estimate of drug-likeness (QED) is 0.774. The second-order valence-corrected chi connectivity index (χ2v) is 6.06. The summed E-state index contributed by atoms with van der Waals surface area (Å²) >= 11 is 0. The molecule has 0 fully saturated rings. The van der Waals surface area contributed by atoms with Gasteiger partial charge in [-0.1, -0.05) is 18.2 Å². The molecule has 0 bridgehead atoms. The minimum absolute atomic E-state index is 0. The van der Waals surface area contributed by atoms with Gasteiger partial charge < -0.3 is 36.8 Å². The summed E-state index contributed by atoms with van der Waals surface area (Å²) in [6.45, 7) is 2.37. The Morgan fingerprint density at radius 2 is 1.88 bits per heavy atom. The van der Waals surface area contributed by atoms with Crippen LogP contribution in [0.3, 0.4) is 0 Å². The zero-order valence-corrected chi connectivity index (χ0v) is 14.2. The summed E-state index contributed by atoms with van der Waals surface area (Å²) < 4.78 is 10.7. The number of ether oxygens (including phenoxy) is 2. The van der Waals surface area contributed by atoms with E-state index in [0.717, 1.165) is 41.7 Å². The Morgan fingerprint density at radius 1 is 1.08 bits per heavy atom. The minimum atomic E-state index is -0.643. The van der Waals surface area contributed by atoms with Crippen molar-refractivity contribution in [3.63, 3.8) is 0 Å². The van der Waals surface area contributed by atoms with Gasteiger partial charge in [0.1, 0.15) is 0 Å². The van der Waals surface area contributed by atoms with Crippen molar-refractivity contribution in [1.29, 1.82) is 0 Å². The number of nitrogens with zero attached hydrogens (tertiary/aromatic N) is 3. The summed E-state index contributed by atoms with van der Waals surface area (Å²) in [5.41, 5.74) is 3.07. The molecule has 0 saturated heterocycles. The molecular formula is C18H17ClN3O3-. The molecule has 2 aromatic carbocycles. The first-order chi connectivity index (χ1) is 11.8. The van der Waals surface area contributed by atoms with E-state index in [4.69, 9.17) is 9.47 Å². The van der Waals surface area contributed by atoms with Gasteiger partial charge in [-0.3, -0.25) is 4.99 Å². The molecule has 5 rings (SSSR count). The number of hydrogen-bond donors (Lipinski definition) is 1. The Balaban J connectivity index is 0.00000157. The normalized spacial score (nSPS) is 17.7. The Hall–Kier alpha value is -2.44. The van der Waals surface area contributed by atoms with E-state index in [9.17, 15) is 5.11 Å². The third-order valence-corrected chi connectivity index (χ3v) is 4.66. The molecule has 130 valence electrons. The van der Waals surface area contributed by atoms with Crippen LogP contribution in [-0.2, 0) is 0 Å². The highest BCUT2D eigenvalue weighted by atomic mass is 35.5. The molecule has 3 heterocycles. The molecule has 0 spiro atoms. The number of fused-ring (bicyclic) bond motifs is 4. The Morgan fingerprint density at radius 3 is 2.76 bits per heavy atom. The first kappa shape index (κ1) is 16.1. The number of aliphatic hydroxyl groups is 1. The van der Waals surface area contributed by atoms with Crippen LogP contribution >= 0.6 is 0 Å². The topological polar surface area (TPSA) is 57.5 Å². The van der Waals surface area contributed by atoms with E-state index in [2.05, 4.69) is 26.9 Å². The third-order valence-electron chi connectivity index (χ3n) is 4.66. The highest BCUT2D eigenvalue weighted by molar-refractivity contribution is 6.17. The first-order valence-corrected chi connectivity index (χ1v) is 8.07. The molecule has 0 aliphatic carbocycles. The van der Waals surface area contributed by atoms with Crippen LogP contribution in [0.2, 0.25) is 0 Å². The molecule has 2 aromatic rings. The number of β-amino-alcohol motifs (C(OH)–C–C–N with tert-alkyl or cyclic N) is 1. The highest BCUT2D eigenvalue weighted by Gasteiger charge is 2.36. The van der Waals surface area contributed by atoms with Crippen LogP contribution in [0.15, 0.2) is 47.5 Å². The first-order valence-electron chi connectivity index (χ1n) is 8.07. The summed E-state index contributed by atoms with van der Waals surface area (Å²) in [6, 6.07) is 13.8. The van der Waals surface area contributed by atoms with Crippen LogP contribution in [0.4, 0.5) is 11.4 Å². The predicted octanol–water partition coefficient (Wildman–Crippen LogP) is -0.851. The van der Waals surface area contributed by atoms with Gasteiger partial charge in [0.15, 0.2) is 11.5 Å². The predicted molar refractivity (Wildman–Crippen MR) is 91.0 cm³/mol. The Bertz CT molecular complexity index is 842. The van der Waals surface area contributed by atoms with Gasteiger partial charge in [0, 0.05) is 6.54 Å². The number of halogens is 1. The maximum Gasteiger partial charge on any atom is 0.231 e. The molecule has 0 amide bonds. The lowest BCUT2D eigenvalue weighted by Crippen LogP contribution is -3.00. The average molecular weight is 359 g/mol. The second kappa shape index (κ2) is 6.13. The van der Waals surface area contributed by atoms with Crippen molar-refractivity contribution in [1.82, 2.24) is 0 Å². The average Bonchev–Trinajstić information content (AvgIpc) is 3.31. The fourth-order valence-electron chi connectivity index (χ4n) is 3.50. The van der Waals surface area contributed by atoms with Gasteiger partial charge in [-0.25, -0.2) is 0 Å². The summed E-state index contributed by atoms with van der Waals surface area (Å²) in [7, 11) is 0. The fourth-order valence-corrected chi connectivity index (χ4v) is 3.50. The molecule has 1 unspecified atom stereocenters. The molecule has 25 heavy (non-hydrogen) atoms. The van der Waals surface area contributed by atoms with E-state index in [1.54, 1.807) is 0 Å². The number of benzene rings is 2. The lowest BCUT2D eigenvalue weighted by molar-refractivity contribution is -0.00000782. The minimum Gasteiger partial charge on any atom is -1.00 e. The van der Waals surface area contributed by atoms with Crippen molar-refractivity contribution in [2.24, 2.45) is 4.99 Å². The molecule has 6 nitrogen and oxygen atoms in total. The van der Waals surface area contributed by atoms with Crippen molar-refractivity contribution in [2.75, 3.05) is 36.2 Å². The number of aliphatic hydroxyl groups excluding tert-OH is 1. The summed E-state index contributed by atoms with van der Waals surface area (Å²) in [4.78, 5) is 8.92. The fraction of sp³-hybridized carbons (Fsp3) is 0.278. The zero-order valence-electron chi connectivity index (χ0n) is 13.4. The molecule has 3 aliphatic heterocycles. The van der Waals surface area contributed by atoms with E-state index in [-0.39, 0.29) is 19.2 Å². The van der Waals surface area contributed by atoms with Gasteiger partial charge in [-0.05, 0) is 29.8 Å². The van der Waals surface area contributed by atoms with Crippen molar-refractivity contribution >= 4 is 17.3 Å². The van der Waals surface area contributed by atoms with Crippen molar-refractivity contribution in [3.05, 3.63) is 48.0 Å². The standard InChI is InChI=1S/C18H17N3O3.ClH/c22-15(12-5-6-16-17(9-12)24-11-23-16)10-21-14-4-2-1-3-13(14)20-8-7-19-18(20)21;/h1-6,9,15,22H,7-8,10-11H2;1H/p-1. The van der Waals surface area contributed by atoms with Gasteiger partial charge in [0.2, 0.25) is 12.8 Å². The van der Waals surface area contributed by atoms with Gasteiger partial charge in [-0.15, -0.1) is 0 Å². The number of anilines is 2. The highest BCUT2D eigenvalue weighted by Crippen LogP contribution is 2.40. The third kappa shape index (κ3) is 2.49. The van der Waals surface area contributed by atoms with Crippen LogP contribution in [-0.4, -0.2) is 37.5 Å². The Labute approximate surface area is 151 Å². The van der Waals surface area contributed by atoms with E-state index >= 15 is 0 Å². The van der Waals surface area contributed by atoms with Crippen molar-refractivity contribution in [2.45, 2.75) is 6.10 Å². The van der Waals surface area contributed by atoms with Crippen LogP contribution in [0.25, 0.3) is 0 Å². The smallest absolute Gasteiger partial charge is 0.231 e. The second-order valence-electron chi connectivity index (χ2n) is 6.06. The van der Waals surface area contributed by atoms with Crippen molar-refractivity contribution < 1.29 is 27.0 Å². The number of rotatable bonds is 3. The number of hydrogen-bond acceptors (Lipinski definition) is 6. The number of aliphatic imine (C=N–C) groups is 1. The van der Waals surface area contributed by atoms with Crippen LogP contribution in [0.1, 0.15) is 11.7 Å². The van der Waals surface area contributed by atoms with Gasteiger partial charge in [0.25, 0.3) is 0 Å². The maximum atomic E-state index is 10.7. The van der Waals surface area contributed by atoms with E-state index < -0.39 is 6.10 Å². The number of para-hydroxylation sites is 2. The monoisotopic (exact) mass is 358 g/mol. The van der Waals surface area contributed by atoms with Gasteiger partial charge >= 0.3 is 0 Å². The summed E-state index contributed by atoms with van der Waals surface area (Å²) in [5, 5.41) is 10.7. The molecule has 0 aromatic heterocycles. The molecule has 0 radical (unpaired) electrons. The van der Waals surface area contributed by atoms with Crippen LogP contribution in [0.5, 0.6) is 11.5 Å². The van der Waals surface area contributed by atoms with E-state index in [1.807, 2.05) is 30.3 Å². The molecule has 7 heteroatoms. The lowest BCUT2D eigenvalue weighted by Gasteiger charge is -2.23. The molecular weight excluding hydrogens is 342 g/mol. The molecule has 1 N–H and O–H groups in total. The molecule has 1 atom stereocenters.